The molecule has 1 aromatic heterocycles. The highest BCUT2D eigenvalue weighted by Gasteiger charge is 2.14. The van der Waals surface area contributed by atoms with Gasteiger partial charge in [0.2, 0.25) is 0 Å². The lowest BCUT2D eigenvalue weighted by atomic mass is 10.3. The van der Waals surface area contributed by atoms with Crippen molar-refractivity contribution in [1.29, 1.82) is 0 Å². The van der Waals surface area contributed by atoms with Crippen molar-refractivity contribution in [2.45, 2.75) is 20.0 Å². The minimum absolute atomic E-state index is 0.864. The minimum atomic E-state index is 0.864. The monoisotopic (exact) mass is 175 g/mol. The number of fused-ring (bicyclic) bond motifs is 1. The Balaban J connectivity index is 2.03. The fraction of sp³-hybridized carbons (Fsp3) is 0.500. The first kappa shape index (κ1) is 8.33. The molecule has 1 aliphatic heterocycles. The molecule has 0 spiro atoms. The summed E-state index contributed by atoms with van der Waals surface area (Å²) in [7, 11) is 0. The zero-order chi connectivity index (χ0) is 9.10. The molecular formula is C10H13N3. The van der Waals surface area contributed by atoms with Crippen LogP contribution in [0.3, 0.4) is 0 Å². The topological polar surface area (TPSA) is 21.1 Å². The van der Waals surface area contributed by atoms with Gasteiger partial charge < -0.3 is 4.57 Å². The van der Waals surface area contributed by atoms with Crippen LogP contribution in [-0.2, 0) is 13.1 Å². The van der Waals surface area contributed by atoms with Gasteiger partial charge in [-0.3, -0.25) is 4.90 Å². The van der Waals surface area contributed by atoms with Gasteiger partial charge in [-0.2, -0.15) is 0 Å². The van der Waals surface area contributed by atoms with Crippen LogP contribution < -0.4 is 0 Å². The third-order valence-electron chi connectivity index (χ3n) is 2.30. The molecule has 0 atom stereocenters. The Bertz CT molecular complexity index is 343. The molecule has 0 aliphatic carbocycles. The van der Waals surface area contributed by atoms with E-state index in [0.717, 1.165) is 32.0 Å². The number of hydrogen-bond donors (Lipinski definition) is 0. The Labute approximate surface area is 78.4 Å². The van der Waals surface area contributed by atoms with Crippen molar-refractivity contribution in [3.63, 3.8) is 0 Å². The predicted octanol–water partition coefficient (Wildman–Crippen LogP) is 0.722. The molecule has 0 aromatic carbocycles. The second-order valence-electron chi connectivity index (χ2n) is 3.17. The minimum Gasteiger partial charge on any atom is -0.333 e. The predicted molar refractivity (Wildman–Crippen MR) is 51.0 cm³/mol. The SMILES string of the molecule is CC#CCN1CCn2ccnc2C1. The zero-order valence-corrected chi connectivity index (χ0v) is 7.82. The number of imidazole rings is 1. The molecule has 0 unspecified atom stereocenters. The second-order valence-corrected chi connectivity index (χ2v) is 3.17. The second kappa shape index (κ2) is 3.63. The molecule has 0 N–H and O–H groups in total. The summed E-state index contributed by atoms with van der Waals surface area (Å²) in [6.07, 6.45) is 3.91. The lowest BCUT2D eigenvalue weighted by Crippen LogP contribution is -2.33. The van der Waals surface area contributed by atoms with E-state index in [4.69, 9.17) is 0 Å². The molecule has 0 amide bonds. The van der Waals surface area contributed by atoms with Crippen molar-refractivity contribution in [1.82, 2.24) is 14.5 Å². The van der Waals surface area contributed by atoms with Crippen LogP contribution in [0, 0.1) is 11.8 Å². The molecule has 2 heterocycles. The van der Waals surface area contributed by atoms with E-state index in [1.807, 2.05) is 19.3 Å². The standard InChI is InChI=1S/C10H13N3/c1-2-3-5-12-7-8-13-6-4-11-10(13)9-12/h4,6H,5,7-9H2,1H3. The summed E-state index contributed by atoms with van der Waals surface area (Å²) in [5, 5.41) is 0. The Morgan fingerprint density at radius 1 is 1.54 bits per heavy atom. The van der Waals surface area contributed by atoms with Gasteiger partial charge in [0.1, 0.15) is 5.82 Å². The Hall–Kier alpha value is -1.27. The smallest absolute Gasteiger partial charge is 0.122 e. The molecule has 0 bridgehead atoms. The Morgan fingerprint density at radius 2 is 2.46 bits per heavy atom. The van der Waals surface area contributed by atoms with E-state index < -0.39 is 0 Å². The van der Waals surface area contributed by atoms with Crippen molar-refractivity contribution in [2.75, 3.05) is 13.1 Å². The van der Waals surface area contributed by atoms with E-state index >= 15 is 0 Å². The fourth-order valence-corrected chi connectivity index (χ4v) is 1.55. The van der Waals surface area contributed by atoms with Crippen molar-refractivity contribution in [3.05, 3.63) is 18.2 Å². The van der Waals surface area contributed by atoms with Gasteiger partial charge in [0.05, 0.1) is 13.1 Å². The summed E-state index contributed by atoms with van der Waals surface area (Å²) < 4.78 is 2.20. The van der Waals surface area contributed by atoms with Gasteiger partial charge in [-0.05, 0) is 6.92 Å². The lowest BCUT2D eigenvalue weighted by molar-refractivity contribution is 0.243. The number of aromatic nitrogens is 2. The maximum absolute atomic E-state index is 4.29. The summed E-state index contributed by atoms with van der Waals surface area (Å²) in [5.74, 6) is 7.15. The summed E-state index contributed by atoms with van der Waals surface area (Å²) in [5.41, 5.74) is 0. The van der Waals surface area contributed by atoms with Crippen molar-refractivity contribution >= 4 is 0 Å². The van der Waals surface area contributed by atoms with E-state index in [-0.39, 0.29) is 0 Å². The van der Waals surface area contributed by atoms with E-state index in [1.165, 1.54) is 0 Å². The first-order valence-corrected chi connectivity index (χ1v) is 4.52. The zero-order valence-electron chi connectivity index (χ0n) is 7.82. The highest BCUT2D eigenvalue weighted by molar-refractivity contribution is 5.01. The number of rotatable bonds is 1. The largest absolute Gasteiger partial charge is 0.333 e. The summed E-state index contributed by atoms with van der Waals surface area (Å²) in [6.45, 7) is 5.80. The molecule has 3 nitrogen and oxygen atoms in total. The molecule has 0 radical (unpaired) electrons. The van der Waals surface area contributed by atoms with Crippen LogP contribution in [0.25, 0.3) is 0 Å². The van der Waals surface area contributed by atoms with Gasteiger partial charge in [0, 0.05) is 25.5 Å². The summed E-state index contributed by atoms with van der Waals surface area (Å²) >= 11 is 0. The van der Waals surface area contributed by atoms with Crippen molar-refractivity contribution in [3.8, 4) is 11.8 Å². The van der Waals surface area contributed by atoms with E-state index in [0.29, 0.717) is 0 Å². The summed E-state index contributed by atoms with van der Waals surface area (Å²) in [4.78, 5) is 6.61. The molecule has 1 aromatic rings. The van der Waals surface area contributed by atoms with Gasteiger partial charge in [0.25, 0.3) is 0 Å². The first-order valence-electron chi connectivity index (χ1n) is 4.52. The van der Waals surface area contributed by atoms with Gasteiger partial charge in [-0.15, -0.1) is 5.92 Å². The number of hydrogen-bond acceptors (Lipinski definition) is 2. The summed E-state index contributed by atoms with van der Waals surface area (Å²) in [6, 6.07) is 0. The van der Waals surface area contributed by atoms with Crippen LogP contribution in [0.5, 0.6) is 0 Å². The van der Waals surface area contributed by atoms with Crippen LogP contribution in [0.1, 0.15) is 12.7 Å². The van der Waals surface area contributed by atoms with Gasteiger partial charge in [0.15, 0.2) is 0 Å². The average Bonchev–Trinajstić information content (AvgIpc) is 2.61. The third-order valence-corrected chi connectivity index (χ3v) is 2.30. The van der Waals surface area contributed by atoms with E-state index in [2.05, 4.69) is 26.3 Å². The van der Waals surface area contributed by atoms with Crippen LogP contribution >= 0.6 is 0 Å². The van der Waals surface area contributed by atoms with Gasteiger partial charge in [-0.25, -0.2) is 4.98 Å². The van der Waals surface area contributed by atoms with E-state index in [9.17, 15) is 0 Å². The van der Waals surface area contributed by atoms with Gasteiger partial charge >= 0.3 is 0 Å². The molecule has 0 saturated heterocycles. The normalized spacial score (nSPS) is 16.1. The Kier molecular flexibility index (Phi) is 2.33. The highest BCUT2D eigenvalue weighted by atomic mass is 15.2. The van der Waals surface area contributed by atoms with Crippen molar-refractivity contribution in [2.24, 2.45) is 0 Å². The Morgan fingerprint density at radius 3 is 3.31 bits per heavy atom. The van der Waals surface area contributed by atoms with Crippen molar-refractivity contribution < 1.29 is 0 Å². The molecule has 0 saturated carbocycles. The maximum Gasteiger partial charge on any atom is 0.122 e. The molecule has 68 valence electrons. The van der Waals surface area contributed by atoms with Crippen LogP contribution in [0.4, 0.5) is 0 Å². The molecular weight excluding hydrogens is 162 g/mol. The highest BCUT2D eigenvalue weighted by Crippen LogP contribution is 2.08. The lowest BCUT2D eigenvalue weighted by Gasteiger charge is -2.25. The number of nitrogens with zero attached hydrogens (tertiary/aromatic N) is 3. The van der Waals surface area contributed by atoms with Gasteiger partial charge in [-0.1, -0.05) is 5.92 Å². The maximum atomic E-state index is 4.29. The molecule has 13 heavy (non-hydrogen) atoms. The van der Waals surface area contributed by atoms with Crippen LogP contribution in [-0.4, -0.2) is 27.5 Å². The van der Waals surface area contributed by atoms with E-state index in [1.54, 1.807) is 0 Å². The first-order chi connectivity index (χ1) is 6.40. The fourth-order valence-electron chi connectivity index (χ4n) is 1.55. The molecule has 1 aliphatic rings. The van der Waals surface area contributed by atoms with Crippen LogP contribution in [0.2, 0.25) is 0 Å². The third kappa shape index (κ3) is 1.73. The average molecular weight is 175 g/mol. The quantitative estimate of drug-likeness (QED) is 0.586. The molecule has 0 fully saturated rings. The molecule has 3 heteroatoms. The molecule has 2 rings (SSSR count). The van der Waals surface area contributed by atoms with Crippen LogP contribution in [0.15, 0.2) is 12.4 Å².